The highest BCUT2D eigenvalue weighted by atomic mass is 19.1. The molecule has 114 valence electrons. The molecule has 1 aromatic carbocycles. The van der Waals surface area contributed by atoms with Crippen molar-refractivity contribution in [2.45, 2.75) is 38.8 Å². The van der Waals surface area contributed by atoms with Crippen LogP contribution in [0.3, 0.4) is 0 Å². The van der Waals surface area contributed by atoms with Crippen LogP contribution in [0, 0.1) is 12.7 Å². The van der Waals surface area contributed by atoms with Gasteiger partial charge in [0.25, 0.3) is 0 Å². The van der Waals surface area contributed by atoms with Crippen molar-refractivity contribution in [1.82, 2.24) is 5.32 Å². The molecule has 0 radical (unpaired) electrons. The molecule has 0 saturated heterocycles. The van der Waals surface area contributed by atoms with Crippen molar-refractivity contribution in [1.29, 1.82) is 0 Å². The number of rotatable bonds is 6. The van der Waals surface area contributed by atoms with Gasteiger partial charge in [-0.3, -0.25) is 0 Å². The Bertz CT molecular complexity index is 575. The molecule has 2 N–H and O–H groups in total. The number of benzene rings is 1. The summed E-state index contributed by atoms with van der Waals surface area (Å²) < 4.78 is 18.3. The first-order valence-corrected chi connectivity index (χ1v) is 7.14. The van der Waals surface area contributed by atoms with Crippen molar-refractivity contribution in [2.24, 2.45) is 0 Å². The van der Waals surface area contributed by atoms with E-state index in [0.29, 0.717) is 12.3 Å². The fourth-order valence-corrected chi connectivity index (χ4v) is 2.23. The minimum atomic E-state index is -1.05. The summed E-state index contributed by atoms with van der Waals surface area (Å²) in [6.45, 7) is 6.00. The Morgan fingerprint density at radius 2 is 1.90 bits per heavy atom. The number of halogens is 1. The van der Waals surface area contributed by atoms with Gasteiger partial charge in [-0.2, -0.15) is 0 Å². The summed E-state index contributed by atoms with van der Waals surface area (Å²) in [4.78, 5) is 0. The summed E-state index contributed by atoms with van der Waals surface area (Å²) >= 11 is 0. The Morgan fingerprint density at radius 1 is 1.24 bits per heavy atom. The fraction of sp³-hybridized carbons (Fsp3) is 0.412. The molecule has 0 aliphatic heterocycles. The second-order valence-corrected chi connectivity index (χ2v) is 5.80. The van der Waals surface area contributed by atoms with Crippen LogP contribution in [0.5, 0.6) is 0 Å². The predicted molar refractivity (Wildman–Crippen MR) is 80.6 cm³/mol. The molecule has 0 fully saturated rings. The maximum absolute atomic E-state index is 12.9. The molecule has 2 aromatic rings. The zero-order valence-corrected chi connectivity index (χ0v) is 12.7. The lowest BCUT2D eigenvalue weighted by Gasteiger charge is -2.24. The number of aliphatic hydroxyl groups is 1. The van der Waals surface area contributed by atoms with Crippen LogP contribution in [0.15, 0.2) is 40.8 Å². The van der Waals surface area contributed by atoms with Crippen molar-refractivity contribution in [3.63, 3.8) is 0 Å². The van der Waals surface area contributed by atoms with Gasteiger partial charge in [-0.25, -0.2) is 4.39 Å². The summed E-state index contributed by atoms with van der Waals surface area (Å²) in [7, 11) is 0. The maximum Gasteiger partial charge on any atom is 0.136 e. The van der Waals surface area contributed by atoms with Crippen molar-refractivity contribution in [3.05, 3.63) is 59.3 Å². The van der Waals surface area contributed by atoms with E-state index in [9.17, 15) is 9.50 Å². The van der Waals surface area contributed by atoms with E-state index in [0.717, 1.165) is 17.7 Å². The van der Waals surface area contributed by atoms with Crippen LogP contribution in [-0.2, 0) is 12.0 Å². The van der Waals surface area contributed by atoms with E-state index in [1.165, 1.54) is 12.1 Å². The first kappa shape index (κ1) is 15.7. The Hall–Kier alpha value is -1.65. The summed E-state index contributed by atoms with van der Waals surface area (Å²) in [5.41, 5.74) is 0.00980. The monoisotopic (exact) mass is 291 g/mol. The average Bonchev–Trinajstić information content (AvgIpc) is 2.87. The first-order valence-electron chi connectivity index (χ1n) is 7.14. The highest BCUT2D eigenvalue weighted by molar-refractivity contribution is 5.17. The Labute approximate surface area is 124 Å². The second-order valence-electron chi connectivity index (χ2n) is 5.80. The third-order valence-corrected chi connectivity index (χ3v) is 3.52. The summed E-state index contributed by atoms with van der Waals surface area (Å²) in [6.07, 6.45) is 0.771. The van der Waals surface area contributed by atoms with E-state index >= 15 is 0 Å². The maximum atomic E-state index is 12.9. The molecule has 2 atom stereocenters. The SMILES string of the molecule is Cc1ccc(C(C)(O)CNC(C)Cc2ccc(F)cc2)o1. The van der Waals surface area contributed by atoms with Crippen molar-refractivity contribution < 1.29 is 13.9 Å². The molecule has 0 amide bonds. The van der Waals surface area contributed by atoms with Gasteiger partial charge < -0.3 is 14.8 Å². The summed E-state index contributed by atoms with van der Waals surface area (Å²) in [5, 5.41) is 13.7. The minimum Gasteiger partial charge on any atom is -0.463 e. The third kappa shape index (κ3) is 4.41. The zero-order chi connectivity index (χ0) is 15.5. The Morgan fingerprint density at radius 3 is 2.48 bits per heavy atom. The lowest BCUT2D eigenvalue weighted by molar-refractivity contribution is 0.0313. The number of hydrogen-bond acceptors (Lipinski definition) is 3. The van der Waals surface area contributed by atoms with Crippen molar-refractivity contribution in [2.75, 3.05) is 6.54 Å². The molecule has 2 unspecified atom stereocenters. The highest BCUT2D eigenvalue weighted by Gasteiger charge is 2.27. The van der Waals surface area contributed by atoms with Gasteiger partial charge in [0.15, 0.2) is 0 Å². The second kappa shape index (κ2) is 6.41. The molecule has 1 aromatic heterocycles. The van der Waals surface area contributed by atoms with E-state index in [1.54, 1.807) is 25.1 Å². The number of nitrogens with one attached hydrogen (secondary N) is 1. The standard InChI is InChI=1S/C17H22FNO2/c1-12(10-14-5-7-15(18)8-6-14)19-11-17(3,20)16-9-4-13(2)21-16/h4-9,12,19-20H,10-11H2,1-3H3. The van der Waals surface area contributed by atoms with Crippen molar-refractivity contribution >= 4 is 0 Å². The zero-order valence-electron chi connectivity index (χ0n) is 12.7. The largest absolute Gasteiger partial charge is 0.463 e. The van der Waals surface area contributed by atoms with Crippen LogP contribution >= 0.6 is 0 Å². The minimum absolute atomic E-state index is 0.165. The molecule has 0 aliphatic carbocycles. The van der Waals surface area contributed by atoms with Gasteiger partial charge >= 0.3 is 0 Å². The van der Waals surface area contributed by atoms with Crippen LogP contribution in [0.4, 0.5) is 4.39 Å². The van der Waals surface area contributed by atoms with E-state index in [2.05, 4.69) is 5.32 Å². The van der Waals surface area contributed by atoms with E-state index in [4.69, 9.17) is 4.42 Å². The molecule has 2 rings (SSSR count). The average molecular weight is 291 g/mol. The van der Waals surface area contributed by atoms with Crippen LogP contribution in [0.2, 0.25) is 0 Å². The number of aryl methyl sites for hydroxylation is 1. The molecule has 3 nitrogen and oxygen atoms in total. The van der Waals surface area contributed by atoms with Gasteiger partial charge in [-0.05, 0) is 57.0 Å². The number of furan rings is 1. The normalized spacial score (nSPS) is 15.7. The van der Waals surface area contributed by atoms with Gasteiger partial charge in [0.1, 0.15) is 22.9 Å². The van der Waals surface area contributed by atoms with Gasteiger partial charge in [0.2, 0.25) is 0 Å². The molecule has 21 heavy (non-hydrogen) atoms. The quantitative estimate of drug-likeness (QED) is 0.859. The molecule has 0 spiro atoms. The fourth-order valence-electron chi connectivity index (χ4n) is 2.23. The van der Waals surface area contributed by atoms with E-state index < -0.39 is 5.60 Å². The topological polar surface area (TPSA) is 45.4 Å². The predicted octanol–water partition coefficient (Wildman–Crippen LogP) is 3.16. The van der Waals surface area contributed by atoms with Crippen LogP contribution in [-0.4, -0.2) is 17.7 Å². The van der Waals surface area contributed by atoms with E-state index in [1.807, 2.05) is 19.9 Å². The van der Waals surface area contributed by atoms with Gasteiger partial charge in [0.05, 0.1) is 0 Å². The highest BCUT2D eigenvalue weighted by Crippen LogP contribution is 2.22. The molecule has 1 heterocycles. The van der Waals surface area contributed by atoms with Crippen molar-refractivity contribution in [3.8, 4) is 0 Å². The summed E-state index contributed by atoms with van der Waals surface area (Å²) in [6, 6.07) is 10.3. The molecule has 0 saturated carbocycles. The van der Waals surface area contributed by atoms with Crippen LogP contribution in [0.25, 0.3) is 0 Å². The molecular formula is C17H22FNO2. The molecule has 0 bridgehead atoms. The Kier molecular flexibility index (Phi) is 4.80. The third-order valence-electron chi connectivity index (χ3n) is 3.52. The van der Waals surface area contributed by atoms with Crippen LogP contribution < -0.4 is 5.32 Å². The molecular weight excluding hydrogens is 269 g/mol. The lowest BCUT2D eigenvalue weighted by atomic mass is 10.0. The van der Waals surface area contributed by atoms with Crippen LogP contribution in [0.1, 0.15) is 30.9 Å². The Balaban J connectivity index is 1.88. The number of hydrogen-bond donors (Lipinski definition) is 2. The van der Waals surface area contributed by atoms with E-state index in [-0.39, 0.29) is 11.9 Å². The molecule has 0 aliphatic rings. The first-order chi connectivity index (χ1) is 9.87. The van der Waals surface area contributed by atoms with Gasteiger partial charge in [0, 0.05) is 12.6 Å². The van der Waals surface area contributed by atoms with Gasteiger partial charge in [-0.15, -0.1) is 0 Å². The molecule has 4 heteroatoms. The van der Waals surface area contributed by atoms with Gasteiger partial charge in [-0.1, -0.05) is 12.1 Å². The summed E-state index contributed by atoms with van der Waals surface area (Å²) in [5.74, 6) is 1.11. The smallest absolute Gasteiger partial charge is 0.136 e. The lowest BCUT2D eigenvalue weighted by Crippen LogP contribution is -2.40.